The number of methoxy groups -OCH3 is 1. The Bertz CT molecular complexity index is 837. The van der Waals surface area contributed by atoms with Crippen molar-refractivity contribution in [2.24, 2.45) is 0 Å². The molecule has 0 spiro atoms. The van der Waals surface area contributed by atoms with Crippen LogP contribution in [0.2, 0.25) is 0 Å². The van der Waals surface area contributed by atoms with Crippen molar-refractivity contribution >= 4 is 73.3 Å². The number of hydrogen-bond acceptors (Lipinski definition) is 6. The number of ether oxygens (including phenoxy) is 1. The molecule has 2 heterocycles. The van der Waals surface area contributed by atoms with Crippen LogP contribution in [0, 0.1) is 0 Å². The first-order valence-electron chi connectivity index (χ1n) is 6.78. The van der Waals surface area contributed by atoms with E-state index in [0.29, 0.717) is 11.1 Å². The summed E-state index contributed by atoms with van der Waals surface area (Å²) in [6.07, 6.45) is 0. The number of thioether (sulfide) groups is 1. The lowest BCUT2D eigenvalue weighted by molar-refractivity contribution is -0.143. The van der Waals surface area contributed by atoms with Gasteiger partial charge in [-0.05, 0) is 18.2 Å². The van der Waals surface area contributed by atoms with Crippen molar-refractivity contribution < 1.29 is 19.1 Å². The molecule has 9 heteroatoms. The van der Waals surface area contributed by atoms with E-state index in [0.717, 1.165) is 26.8 Å². The van der Waals surface area contributed by atoms with Crippen molar-refractivity contribution in [1.82, 2.24) is 4.90 Å². The first kappa shape index (κ1) is 17.1. The number of hydrogen-bond donors (Lipinski definition) is 0. The molecule has 2 amide bonds. The highest BCUT2D eigenvalue weighted by Crippen LogP contribution is 2.44. The fourth-order valence-corrected chi connectivity index (χ4v) is 4.18. The summed E-state index contributed by atoms with van der Waals surface area (Å²) in [6, 6.07) is 5.42. The van der Waals surface area contributed by atoms with Crippen molar-refractivity contribution in [3.05, 3.63) is 33.1 Å². The maximum absolute atomic E-state index is 12.7. The monoisotopic (exact) mass is 426 g/mol. The molecule has 1 saturated heterocycles. The molecule has 3 rings (SSSR count). The van der Waals surface area contributed by atoms with Gasteiger partial charge in [-0.1, -0.05) is 39.9 Å². The van der Waals surface area contributed by atoms with Gasteiger partial charge in [-0.3, -0.25) is 19.3 Å². The lowest BCUT2D eigenvalue weighted by atomic mass is 10.1. The molecule has 0 aliphatic carbocycles. The highest BCUT2D eigenvalue weighted by molar-refractivity contribution is 9.10. The SMILES string of the molecule is COC(=O)CN1C(=O)C(=C2C(=O)N(C)c3ccc(Br)cc32)SC1=S. The van der Waals surface area contributed by atoms with E-state index in [9.17, 15) is 14.4 Å². The average Bonchev–Trinajstić information content (AvgIpc) is 2.95. The molecule has 0 bridgehead atoms. The van der Waals surface area contributed by atoms with Gasteiger partial charge in [-0.15, -0.1) is 0 Å². The van der Waals surface area contributed by atoms with Gasteiger partial charge in [0.1, 0.15) is 10.9 Å². The number of amides is 2. The standard InChI is InChI=1S/C15H11BrN2O4S2/c1-17-9-4-3-7(16)5-8(9)11(13(17)20)12-14(21)18(15(23)24-12)6-10(19)22-2/h3-5H,6H2,1-2H3. The molecule has 1 fully saturated rings. The van der Waals surface area contributed by atoms with E-state index in [1.54, 1.807) is 19.2 Å². The third-order valence-electron chi connectivity index (χ3n) is 3.70. The molecule has 0 radical (unpaired) electrons. The Morgan fingerprint density at radius 2 is 2.04 bits per heavy atom. The van der Waals surface area contributed by atoms with Gasteiger partial charge in [0.05, 0.1) is 23.3 Å². The van der Waals surface area contributed by atoms with Gasteiger partial charge < -0.3 is 9.64 Å². The lowest BCUT2D eigenvalue weighted by Crippen LogP contribution is -2.34. The number of benzene rings is 1. The molecule has 0 atom stereocenters. The number of fused-ring (bicyclic) bond motifs is 1. The summed E-state index contributed by atoms with van der Waals surface area (Å²) in [4.78, 5) is 39.6. The normalized spacial score (nSPS) is 20.0. The van der Waals surface area contributed by atoms with E-state index in [2.05, 4.69) is 20.7 Å². The summed E-state index contributed by atoms with van der Waals surface area (Å²) in [5.74, 6) is -1.31. The van der Waals surface area contributed by atoms with E-state index >= 15 is 0 Å². The topological polar surface area (TPSA) is 66.9 Å². The quantitative estimate of drug-likeness (QED) is 0.410. The molecule has 6 nitrogen and oxygen atoms in total. The van der Waals surface area contributed by atoms with Crippen LogP contribution in [0.1, 0.15) is 5.56 Å². The predicted molar refractivity (Wildman–Crippen MR) is 98.4 cm³/mol. The van der Waals surface area contributed by atoms with Crippen LogP contribution in [0.15, 0.2) is 27.6 Å². The summed E-state index contributed by atoms with van der Waals surface area (Å²) < 4.78 is 5.61. The molecule has 0 saturated carbocycles. The van der Waals surface area contributed by atoms with Gasteiger partial charge in [0.15, 0.2) is 0 Å². The van der Waals surface area contributed by atoms with Crippen molar-refractivity contribution in [2.45, 2.75) is 0 Å². The second-order valence-corrected chi connectivity index (χ2v) is 7.63. The lowest BCUT2D eigenvalue weighted by Gasteiger charge is -2.12. The minimum absolute atomic E-state index is 0.229. The Labute approximate surface area is 155 Å². The van der Waals surface area contributed by atoms with E-state index in [1.807, 2.05) is 6.07 Å². The van der Waals surface area contributed by atoms with Crippen LogP contribution in [-0.4, -0.2) is 47.7 Å². The number of esters is 1. The zero-order valence-corrected chi connectivity index (χ0v) is 15.9. The van der Waals surface area contributed by atoms with Gasteiger partial charge in [0.25, 0.3) is 11.8 Å². The fourth-order valence-electron chi connectivity index (χ4n) is 2.49. The minimum atomic E-state index is -0.574. The first-order chi connectivity index (χ1) is 11.3. The van der Waals surface area contributed by atoms with Gasteiger partial charge in [0, 0.05) is 17.1 Å². The number of thiocarbonyl (C=S) groups is 1. The molecule has 0 unspecified atom stereocenters. The van der Waals surface area contributed by atoms with Crippen LogP contribution in [0.5, 0.6) is 0 Å². The van der Waals surface area contributed by atoms with Gasteiger partial charge in [-0.25, -0.2) is 0 Å². The fraction of sp³-hybridized carbons (Fsp3) is 0.200. The molecule has 124 valence electrons. The van der Waals surface area contributed by atoms with Crippen molar-refractivity contribution in [3.63, 3.8) is 0 Å². The van der Waals surface area contributed by atoms with E-state index in [4.69, 9.17) is 12.2 Å². The van der Waals surface area contributed by atoms with Crippen molar-refractivity contribution in [1.29, 1.82) is 0 Å². The summed E-state index contributed by atoms with van der Waals surface area (Å²) in [5.41, 5.74) is 1.69. The Morgan fingerprint density at radius 3 is 2.71 bits per heavy atom. The minimum Gasteiger partial charge on any atom is -0.468 e. The summed E-state index contributed by atoms with van der Waals surface area (Å²) in [6.45, 7) is -0.271. The maximum Gasteiger partial charge on any atom is 0.325 e. The Balaban J connectivity index is 2.09. The highest BCUT2D eigenvalue weighted by atomic mass is 79.9. The molecule has 0 N–H and O–H groups in total. The maximum atomic E-state index is 12.7. The van der Waals surface area contributed by atoms with Crippen LogP contribution < -0.4 is 4.90 Å². The summed E-state index contributed by atoms with van der Waals surface area (Å²) in [5, 5.41) is 0. The third-order valence-corrected chi connectivity index (χ3v) is 5.64. The Kier molecular flexibility index (Phi) is 4.50. The smallest absolute Gasteiger partial charge is 0.325 e. The molecule has 1 aromatic rings. The van der Waals surface area contributed by atoms with Crippen LogP contribution in [0.4, 0.5) is 5.69 Å². The number of rotatable bonds is 2. The molecule has 0 aromatic heterocycles. The predicted octanol–water partition coefficient (Wildman–Crippen LogP) is 2.17. The Hall–Kier alpha value is -1.71. The van der Waals surface area contributed by atoms with Gasteiger partial charge >= 0.3 is 5.97 Å². The zero-order chi connectivity index (χ0) is 17.6. The molecule has 24 heavy (non-hydrogen) atoms. The summed E-state index contributed by atoms with van der Waals surface area (Å²) >= 11 is 9.58. The van der Waals surface area contributed by atoms with E-state index in [1.165, 1.54) is 12.0 Å². The Morgan fingerprint density at radius 1 is 1.33 bits per heavy atom. The van der Waals surface area contributed by atoms with Crippen LogP contribution in [0.3, 0.4) is 0 Å². The summed E-state index contributed by atoms with van der Waals surface area (Å²) in [7, 11) is 2.89. The van der Waals surface area contributed by atoms with E-state index < -0.39 is 11.9 Å². The molecule has 2 aliphatic rings. The molecular formula is C15H11BrN2O4S2. The van der Waals surface area contributed by atoms with E-state index in [-0.39, 0.29) is 21.7 Å². The second kappa shape index (κ2) is 6.30. The van der Waals surface area contributed by atoms with Crippen molar-refractivity contribution in [3.8, 4) is 0 Å². The number of carbonyl (C=O) groups is 3. The van der Waals surface area contributed by atoms with Gasteiger partial charge in [-0.2, -0.15) is 0 Å². The largest absolute Gasteiger partial charge is 0.468 e. The molecule has 2 aliphatic heterocycles. The average molecular weight is 427 g/mol. The third kappa shape index (κ3) is 2.66. The number of nitrogens with zero attached hydrogens (tertiary/aromatic N) is 2. The number of likely N-dealkylation sites (N-methyl/N-ethyl adjacent to an activating group) is 1. The van der Waals surface area contributed by atoms with Gasteiger partial charge in [0.2, 0.25) is 0 Å². The number of anilines is 1. The number of halogens is 1. The second-order valence-electron chi connectivity index (χ2n) is 5.07. The zero-order valence-electron chi connectivity index (χ0n) is 12.7. The molecule has 1 aromatic carbocycles. The van der Waals surface area contributed by atoms with Crippen LogP contribution in [-0.2, 0) is 19.1 Å². The first-order valence-corrected chi connectivity index (χ1v) is 8.79. The highest BCUT2D eigenvalue weighted by Gasteiger charge is 2.41. The van der Waals surface area contributed by atoms with Crippen LogP contribution >= 0.6 is 39.9 Å². The number of carbonyl (C=O) groups excluding carboxylic acids is 3. The van der Waals surface area contributed by atoms with Crippen molar-refractivity contribution in [2.75, 3.05) is 25.6 Å². The molecular weight excluding hydrogens is 416 g/mol. The van der Waals surface area contributed by atoms with Crippen LogP contribution in [0.25, 0.3) is 5.57 Å².